The number of hydrogen-bond donors (Lipinski definition) is 0. The molecular weight excluding hydrogens is 86.9 g/mol. The van der Waals surface area contributed by atoms with Crippen LogP contribution in [0.2, 0.25) is 0 Å². The predicted molar refractivity (Wildman–Crippen MR) is 32.0 cm³/mol. The number of rotatable bonds is 0. The van der Waals surface area contributed by atoms with Crippen molar-refractivity contribution in [3.63, 3.8) is 0 Å². The van der Waals surface area contributed by atoms with Crippen LogP contribution in [-0.2, 0) is 0 Å². The normalized spacial score (nSPS) is 6.86. The maximum atomic E-state index is 3.72. The molecule has 0 aromatic carbocycles. The van der Waals surface area contributed by atoms with E-state index in [0.29, 0.717) is 0 Å². The van der Waals surface area contributed by atoms with E-state index in [1.165, 1.54) is 0 Å². The molecule has 1 rings (SSSR count). The highest BCUT2D eigenvalue weighted by Crippen LogP contribution is 1.65. The minimum atomic E-state index is 0. The summed E-state index contributed by atoms with van der Waals surface area (Å²) in [5, 5.41) is 0. The van der Waals surface area contributed by atoms with Gasteiger partial charge in [-0.05, 0) is 0 Å². The molecule has 36 valence electrons. The molecule has 0 spiro atoms. The summed E-state index contributed by atoms with van der Waals surface area (Å²) in [6.45, 7) is 0. The third-order valence-electron chi connectivity index (χ3n) is 0.478. The molecule has 0 N–H and O–H groups in total. The summed E-state index contributed by atoms with van der Waals surface area (Å²) in [4.78, 5) is 7.44. The van der Waals surface area contributed by atoms with Gasteiger partial charge in [0.2, 0.25) is 0 Å². The fraction of sp³-hybridized carbons (Fsp3) is 0. The Hall–Kier alpha value is -0.855. The zero-order chi connectivity index (χ0) is 4.24. The van der Waals surface area contributed by atoms with Crippen molar-refractivity contribution >= 4 is 8.41 Å². The molecular formula is C4H7BN2. The van der Waals surface area contributed by atoms with Gasteiger partial charge in [-0.1, -0.05) is 0 Å². The minimum absolute atomic E-state index is 0. The molecule has 0 fully saturated rings. The van der Waals surface area contributed by atoms with Crippen molar-refractivity contribution in [1.82, 2.24) is 9.97 Å². The highest BCUT2D eigenvalue weighted by Gasteiger charge is 1.59. The molecule has 1 aromatic heterocycles. The molecule has 0 unspecified atom stereocenters. The van der Waals surface area contributed by atoms with Gasteiger partial charge in [0.05, 0.1) is 8.41 Å². The van der Waals surface area contributed by atoms with Gasteiger partial charge in [0.15, 0.2) is 0 Å². The van der Waals surface area contributed by atoms with Crippen LogP contribution in [0.3, 0.4) is 0 Å². The monoisotopic (exact) mass is 94.1 g/mol. The van der Waals surface area contributed by atoms with E-state index >= 15 is 0 Å². The smallest absolute Gasteiger partial charge is 0.0814 e. The SMILES string of the molecule is B.c1cnccn1. The molecule has 3 heteroatoms. The van der Waals surface area contributed by atoms with Gasteiger partial charge < -0.3 is 0 Å². The average Bonchev–Trinajstić information content (AvgIpc) is 1.72. The topological polar surface area (TPSA) is 25.8 Å². The summed E-state index contributed by atoms with van der Waals surface area (Å²) in [6, 6.07) is 0. The van der Waals surface area contributed by atoms with Crippen molar-refractivity contribution in [1.29, 1.82) is 0 Å². The van der Waals surface area contributed by atoms with Crippen LogP contribution in [0.4, 0.5) is 0 Å². The molecule has 0 amide bonds. The molecule has 0 saturated carbocycles. The van der Waals surface area contributed by atoms with Crippen LogP contribution < -0.4 is 0 Å². The van der Waals surface area contributed by atoms with Crippen molar-refractivity contribution < 1.29 is 0 Å². The third-order valence-corrected chi connectivity index (χ3v) is 0.478. The van der Waals surface area contributed by atoms with Gasteiger partial charge in [-0.25, -0.2) is 0 Å². The second kappa shape index (κ2) is 3.34. The van der Waals surface area contributed by atoms with Gasteiger partial charge >= 0.3 is 0 Å². The number of nitrogens with zero attached hydrogens (tertiary/aromatic N) is 2. The molecule has 0 saturated heterocycles. The van der Waals surface area contributed by atoms with E-state index in [9.17, 15) is 0 Å². The molecule has 0 atom stereocenters. The zero-order valence-corrected chi connectivity index (χ0v) is 3.20. The van der Waals surface area contributed by atoms with Crippen LogP contribution in [0, 0.1) is 0 Å². The van der Waals surface area contributed by atoms with E-state index in [1.54, 1.807) is 24.8 Å². The Labute approximate surface area is 44.2 Å². The predicted octanol–water partition coefficient (Wildman–Crippen LogP) is -0.707. The van der Waals surface area contributed by atoms with E-state index in [2.05, 4.69) is 9.97 Å². The van der Waals surface area contributed by atoms with Crippen LogP contribution >= 0.6 is 0 Å². The Balaban J connectivity index is 0.000000360. The minimum Gasteiger partial charge on any atom is -0.262 e. The molecule has 2 nitrogen and oxygen atoms in total. The largest absolute Gasteiger partial charge is 0.262 e. The Morgan fingerprint density at radius 2 is 1.00 bits per heavy atom. The van der Waals surface area contributed by atoms with Crippen LogP contribution in [0.5, 0.6) is 0 Å². The highest BCUT2D eigenvalue weighted by molar-refractivity contribution is 5.75. The molecule has 0 aliphatic heterocycles. The summed E-state index contributed by atoms with van der Waals surface area (Å²) in [7, 11) is 0. The molecule has 0 bridgehead atoms. The van der Waals surface area contributed by atoms with Crippen LogP contribution in [0.25, 0.3) is 0 Å². The fourth-order valence-corrected chi connectivity index (χ4v) is 0.253. The molecule has 1 heterocycles. The summed E-state index contributed by atoms with van der Waals surface area (Å²) in [5.74, 6) is 0. The molecule has 7 heavy (non-hydrogen) atoms. The van der Waals surface area contributed by atoms with Crippen molar-refractivity contribution in [3.8, 4) is 0 Å². The van der Waals surface area contributed by atoms with Gasteiger partial charge in [-0.2, -0.15) is 0 Å². The second-order valence-corrected chi connectivity index (χ2v) is 0.894. The second-order valence-electron chi connectivity index (χ2n) is 0.894. The maximum Gasteiger partial charge on any atom is 0.0814 e. The first kappa shape index (κ1) is 6.14. The van der Waals surface area contributed by atoms with Crippen molar-refractivity contribution in [2.24, 2.45) is 0 Å². The van der Waals surface area contributed by atoms with E-state index in [4.69, 9.17) is 0 Å². The standard InChI is InChI=1S/C4H4N2.BH3/c1-2-6-4-3-5-1;/h1-4H;1H3. The van der Waals surface area contributed by atoms with E-state index in [0.717, 1.165) is 0 Å². The number of hydrogen-bond acceptors (Lipinski definition) is 2. The quantitative estimate of drug-likeness (QED) is 0.397. The van der Waals surface area contributed by atoms with Gasteiger partial charge in [-0.15, -0.1) is 0 Å². The van der Waals surface area contributed by atoms with Crippen molar-refractivity contribution in [3.05, 3.63) is 24.8 Å². The third kappa shape index (κ3) is 1.92. The molecule has 0 aliphatic rings. The van der Waals surface area contributed by atoms with Crippen LogP contribution in [-0.4, -0.2) is 18.4 Å². The van der Waals surface area contributed by atoms with Gasteiger partial charge in [0.25, 0.3) is 0 Å². The van der Waals surface area contributed by atoms with Crippen molar-refractivity contribution in [2.45, 2.75) is 0 Å². The van der Waals surface area contributed by atoms with Crippen LogP contribution in [0.15, 0.2) is 24.8 Å². The first-order valence-electron chi connectivity index (χ1n) is 1.70. The molecule has 1 aromatic rings. The summed E-state index contributed by atoms with van der Waals surface area (Å²) >= 11 is 0. The Morgan fingerprint density at radius 3 is 1.14 bits per heavy atom. The molecule has 0 radical (unpaired) electrons. The lowest BCUT2D eigenvalue weighted by Gasteiger charge is -1.70. The zero-order valence-electron chi connectivity index (χ0n) is 3.20. The summed E-state index contributed by atoms with van der Waals surface area (Å²) < 4.78 is 0. The summed E-state index contributed by atoms with van der Waals surface area (Å²) in [5.41, 5.74) is 0. The first-order chi connectivity index (χ1) is 3.00. The number of aromatic nitrogens is 2. The van der Waals surface area contributed by atoms with Crippen molar-refractivity contribution in [2.75, 3.05) is 0 Å². The van der Waals surface area contributed by atoms with E-state index < -0.39 is 0 Å². The van der Waals surface area contributed by atoms with Crippen LogP contribution in [0.1, 0.15) is 0 Å². The van der Waals surface area contributed by atoms with Gasteiger partial charge in [0, 0.05) is 24.8 Å². The van der Waals surface area contributed by atoms with E-state index in [1.807, 2.05) is 0 Å². The fourth-order valence-electron chi connectivity index (χ4n) is 0.253. The highest BCUT2D eigenvalue weighted by atomic mass is 14.7. The Kier molecular flexibility index (Phi) is 2.93. The lowest BCUT2D eigenvalue weighted by Crippen LogP contribution is -1.66. The average molecular weight is 93.9 g/mol. The lowest BCUT2D eigenvalue weighted by atomic mass is 10.8. The lowest BCUT2D eigenvalue weighted by molar-refractivity contribution is 1.20. The first-order valence-corrected chi connectivity index (χ1v) is 1.70. The van der Waals surface area contributed by atoms with Gasteiger partial charge in [-0.3, -0.25) is 9.97 Å². The van der Waals surface area contributed by atoms with Gasteiger partial charge in [0.1, 0.15) is 0 Å². The summed E-state index contributed by atoms with van der Waals surface area (Å²) in [6.07, 6.45) is 6.56. The Bertz CT molecular complexity index is 81.6. The maximum absolute atomic E-state index is 3.72. The Morgan fingerprint density at radius 1 is 0.714 bits per heavy atom. The van der Waals surface area contributed by atoms with E-state index in [-0.39, 0.29) is 8.41 Å². The molecule has 0 aliphatic carbocycles.